The fourth-order valence-corrected chi connectivity index (χ4v) is 3.19. The SMILES string of the molecule is CC(C)(C)OC(=O)[C@@H](CC(=O)O)NS(=O)(=O)c1ccc(Cl)c(Cl)c1. The predicted molar refractivity (Wildman–Crippen MR) is 88.7 cm³/mol. The number of carboxylic acids is 1. The van der Waals surface area contributed by atoms with Crippen LogP contribution in [0, 0.1) is 0 Å². The molecule has 0 heterocycles. The van der Waals surface area contributed by atoms with Crippen LogP contribution in [0.2, 0.25) is 10.0 Å². The van der Waals surface area contributed by atoms with Crippen LogP contribution in [0.3, 0.4) is 0 Å². The van der Waals surface area contributed by atoms with E-state index >= 15 is 0 Å². The Morgan fingerprint density at radius 1 is 1.25 bits per heavy atom. The number of carboxylic acid groups (broad SMARTS) is 1. The zero-order valence-corrected chi connectivity index (χ0v) is 15.5. The molecule has 24 heavy (non-hydrogen) atoms. The predicted octanol–water partition coefficient (Wildman–Crippen LogP) is 2.46. The van der Waals surface area contributed by atoms with E-state index in [1.54, 1.807) is 20.8 Å². The van der Waals surface area contributed by atoms with Crippen molar-refractivity contribution in [2.24, 2.45) is 0 Å². The minimum atomic E-state index is -4.20. The van der Waals surface area contributed by atoms with Crippen molar-refractivity contribution in [2.45, 2.75) is 43.7 Å². The van der Waals surface area contributed by atoms with Gasteiger partial charge in [-0.15, -0.1) is 0 Å². The molecule has 0 saturated carbocycles. The second-order valence-electron chi connectivity index (χ2n) is 5.88. The lowest BCUT2D eigenvalue weighted by atomic mass is 10.1. The summed E-state index contributed by atoms with van der Waals surface area (Å²) >= 11 is 11.5. The lowest BCUT2D eigenvalue weighted by Crippen LogP contribution is -2.45. The molecule has 10 heteroatoms. The van der Waals surface area contributed by atoms with E-state index in [9.17, 15) is 18.0 Å². The number of benzene rings is 1. The highest BCUT2D eigenvalue weighted by Gasteiger charge is 2.31. The van der Waals surface area contributed by atoms with Gasteiger partial charge in [-0.05, 0) is 39.0 Å². The van der Waals surface area contributed by atoms with Crippen LogP contribution in [0.25, 0.3) is 0 Å². The van der Waals surface area contributed by atoms with Crippen LogP contribution in [-0.4, -0.2) is 37.1 Å². The Morgan fingerprint density at radius 2 is 1.83 bits per heavy atom. The maximum absolute atomic E-state index is 12.3. The summed E-state index contributed by atoms with van der Waals surface area (Å²) in [7, 11) is -4.20. The molecule has 1 aromatic carbocycles. The molecule has 1 aromatic rings. The Balaban J connectivity index is 3.09. The van der Waals surface area contributed by atoms with Gasteiger partial charge in [0.1, 0.15) is 11.6 Å². The van der Waals surface area contributed by atoms with Crippen molar-refractivity contribution in [3.63, 3.8) is 0 Å². The third-order valence-corrected chi connectivity index (χ3v) is 4.78. The van der Waals surface area contributed by atoms with Crippen LogP contribution in [0.1, 0.15) is 27.2 Å². The van der Waals surface area contributed by atoms with Gasteiger partial charge in [-0.2, -0.15) is 4.72 Å². The molecule has 1 atom stereocenters. The number of esters is 1. The number of carbonyl (C=O) groups is 2. The van der Waals surface area contributed by atoms with E-state index in [-0.39, 0.29) is 14.9 Å². The highest BCUT2D eigenvalue weighted by Crippen LogP contribution is 2.25. The molecule has 0 radical (unpaired) electrons. The van der Waals surface area contributed by atoms with Gasteiger partial charge >= 0.3 is 11.9 Å². The van der Waals surface area contributed by atoms with Crippen molar-refractivity contribution in [3.8, 4) is 0 Å². The summed E-state index contributed by atoms with van der Waals surface area (Å²) in [5.41, 5.74) is -0.900. The number of carbonyl (C=O) groups excluding carboxylic acids is 1. The lowest BCUT2D eigenvalue weighted by molar-refractivity contribution is -0.159. The van der Waals surface area contributed by atoms with Gasteiger partial charge in [0, 0.05) is 0 Å². The van der Waals surface area contributed by atoms with E-state index in [1.807, 2.05) is 4.72 Å². The van der Waals surface area contributed by atoms with Gasteiger partial charge in [0.25, 0.3) is 0 Å². The van der Waals surface area contributed by atoms with Crippen molar-refractivity contribution >= 4 is 45.2 Å². The lowest BCUT2D eigenvalue weighted by Gasteiger charge is -2.23. The summed E-state index contributed by atoms with van der Waals surface area (Å²) in [5, 5.41) is 9.06. The number of sulfonamides is 1. The molecule has 0 unspecified atom stereocenters. The average molecular weight is 398 g/mol. The Bertz CT molecular complexity index is 742. The van der Waals surface area contributed by atoms with E-state index in [0.717, 1.165) is 6.07 Å². The van der Waals surface area contributed by atoms with E-state index in [2.05, 4.69) is 0 Å². The highest BCUT2D eigenvalue weighted by molar-refractivity contribution is 7.89. The van der Waals surface area contributed by atoms with Crippen LogP contribution < -0.4 is 4.72 Å². The van der Waals surface area contributed by atoms with E-state index in [0.29, 0.717) is 0 Å². The summed E-state index contributed by atoms with van der Waals surface area (Å²) in [6.45, 7) is 4.74. The maximum Gasteiger partial charge on any atom is 0.325 e. The summed E-state index contributed by atoms with van der Waals surface area (Å²) in [6, 6.07) is 1.97. The monoisotopic (exact) mass is 397 g/mol. The van der Waals surface area contributed by atoms with Crippen molar-refractivity contribution in [1.82, 2.24) is 4.72 Å². The topological polar surface area (TPSA) is 110 Å². The Hall–Kier alpha value is -1.35. The third-order valence-electron chi connectivity index (χ3n) is 2.57. The highest BCUT2D eigenvalue weighted by atomic mass is 35.5. The van der Waals surface area contributed by atoms with Crippen LogP contribution >= 0.6 is 23.2 Å². The zero-order valence-electron chi connectivity index (χ0n) is 13.2. The van der Waals surface area contributed by atoms with Crippen molar-refractivity contribution < 1.29 is 27.9 Å². The van der Waals surface area contributed by atoms with E-state index in [1.165, 1.54) is 12.1 Å². The van der Waals surface area contributed by atoms with Crippen molar-refractivity contribution in [3.05, 3.63) is 28.2 Å². The normalized spacial score (nSPS) is 13.4. The van der Waals surface area contributed by atoms with Crippen LogP contribution in [0.15, 0.2) is 23.1 Å². The number of rotatable bonds is 6. The summed E-state index contributed by atoms with van der Waals surface area (Å²) in [6.07, 6.45) is -0.768. The first-order valence-corrected chi connectivity index (χ1v) is 8.98. The van der Waals surface area contributed by atoms with Gasteiger partial charge in [-0.25, -0.2) is 8.42 Å². The van der Waals surface area contributed by atoms with Crippen molar-refractivity contribution in [2.75, 3.05) is 0 Å². The minimum absolute atomic E-state index is 0.00611. The van der Waals surface area contributed by atoms with Gasteiger partial charge < -0.3 is 9.84 Å². The molecule has 0 aliphatic heterocycles. The molecule has 0 bridgehead atoms. The number of aliphatic carboxylic acids is 1. The molecule has 0 saturated heterocycles. The van der Waals surface area contributed by atoms with Crippen LogP contribution in [-0.2, 0) is 24.3 Å². The molecular weight excluding hydrogens is 381 g/mol. The largest absolute Gasteiger partial charge is 0.481 e. The number of hydrogen-bond donors (Lipinski definition) is 2. The van der Waals surface area contributed by atoms with Crippen LogP contribution in [0.4, 0.5) is 0 Å². The van der Waals surface area contributed by atoms with Crippen LogP contribution in [0.5, 0.6) is 0 Å². The first-order valence-electron chi connectivity index (χ1n) is 6.74. The Morgan fingerprint density at radius 3 is 2.29 bits per heavy atom. The average Bonchev–Trinajstić information content (AvgIpc) is 2.38. The third kappa shape index (κ3) is 6.27. The summed E-state index contributed by atoms with van der Waals surface area (Å²) < 4.78 is 31.8. The quantitative estimate of drug-likeness (QED) is 0.713. The summed E-state index contributed by atoms with van der Waals surface area (Å²) in [5.74, 6) is -2.35. The standard InChI is InChI=1S/C14H17Cl2NO6S/c1-14(2,3)23-13(20)11(7-12(18)19)17-24(21,22)8-4-5-9(15)10(16)6-8/h4-6,11,17H,7H2,1-3H3,(H,18,19)/t11-/m1/s1. The fourth-order valence-electron chi connectivity index (χ4n) is 1.62. The Labute approximate surface area is 149 Å². The van der Waals surface area contributed by atoms with E-state index < -0.39 is 40.0 Å². The number of halogens is 2. The molecule has 7 nitrogen and oxygen atoms in total. The molecule has 2 N–H and O–H groups in total. The number of ether oxygens (including phenoxy) is 1. The minimum Gasteiger partial charge on any atom is -0.481 e. The second kappa shape index (κ2) is 7.69. The molecule has 0 aliphatic carbocycles. The molecule has 0 amide bonds. The van der Waals surface area contributed by atoms with Gasteiger partial charge in [-0.3, -0.25) is 9.59 Å². The second-order valence-corrected chi connectivity index (χ2v) is 8.41. The van der Waals surface area contributed by atoms with E-state index in [4.69, 9.17) is 33.0 Å². The maximum atomic E-state index is 12.3. The summed E-state index contributed by atoms with van der Waals surface area (Å²) in [4.78, 5) is 22.7. The Kier molecular flexibility index (Phi) is 6.63. The van der Waals surface area contributed by atoms with Gasteiger partial charge in [0.05, 0.1) is 21.4 Å². The molecule has 0 spiro atoms. The molecule has 1 rings (SSSR count). The first-order chi connectivity index (χ1) is 10.8. The first kappa shape index (κ1) is 20.7. The van der Waals surface area contributed by atoms with Crippen molar-refractivity contribution in [1.29, 1.82) is 0 Å². The number of hydrogen-bond acceptors (Lipinski definition) is 5. The zero-order chi connectivity index (χ0) is 18.7. The molecule has 0 fully saturated rings. The fraction of sp³-hybridized carbons (Fsp3) is 0.429. The van der Waals surface area contributed by atoms with Gasteiger partial charge in [0.2, 0.25) is 10.0 Å². The van der Waals surface area contributed by atoms with Gasteiger partial charge in [0.15, 0.2) is 0 Å². The smallest absolute Gasteiger partial charge is 0.325 e. The molecule has 0 aliphatic rings. The molecular formula is C14H17Cl2NO6S. The number of nitrogens with one attached hydrogen (secondary N) is 1. The molecule has 0 aromatic heterocycles. The molecule has 134 valence electrons. The van der Waals surface area contributed by atoms with Gasteiger partial charge in [-0.1, -0.05) is 23.2 Å².